The third-order valence-electron chi connectivity index (χ3n) is 4.74. The predicted molar refractivity (Wildman–Crippen MR) is 98.7 cm³/mol. The molecule has 1 aliphatic heterocycles. The number of aliphatic imine (C=N–C) groups is 1. The molecule has 0 radical (unpaired) electrons. The third kappa shape index (κ3) is 2.57. The summed E-state index contributed by atoms with van der Waals surface area (Å²) in [4.78, 5) is 4.21. The average molecular weight is 359 g/mol. The number of H-pyrrole nitrogens is 1. The van der Waals surface area contributed by atoms with Gasteiger partial charge < -0.3 is 14.8 Å². The van der Waals surface area contributed by atoms with Crippen molar-refractivity contribution in [2.75, 3.05) is 19.5 Å². The third-order valence-corrected chi connectivity index (χ3v) is 5.05. The molecule has 130 valence electrons. The Labute approximate surface area is 150 Å². The van der Waals surface area contributed by atoms with Crippen molar-refractivity contribution in [1.29, 1.82) is 0 Å². The molecule has 2 aromatic rings. The van der Waals surface area contributed by atoms with Crippen molar-refractivity contribution in [1.82, 2.24) is 10.2 Å². The second-order valence-corrected chi connectivity index (χ2v) is 6.60. The fourth-order valence-electron chi connectivity index (χ4n) is 3.34. The zero-order valence-corrected chi connectivity index (χ0v) is 15.1. The van der Waals surface area contributed by atoms with Crippen LogP contribution in [-0.2, 0) is 6.42 Å². The number of fused-ring (bicyclic) bond motifs is 3. The molecule has 6 nitrogen and oxygen atoms in total. The summed E-state index contributed by atoms with van der Waals surface area (Å²) in [6.45, 7) is 2.12. The summed E-state index contributed by atoms with van der Waals surface area (Å²) in [5.74, 6) is 2.51. The number of nitrogens with zero attached hydrogens (tertiary/aromatic N) is 2. The van der Waals surface area contributed by atoms with Gasteiger partial charge in [-0.15, -0.1) is 0 Å². The molecule has 1 atom stereocenters. The summed E-state index contributed by atoms with van der Waals surface area (Å²) in [5, 5.41) is 11.5. The number of ether oxygens (including phenoxy) is 2. The number of halogens is 1. The minimum Gasteiger partial charge on any atom is -0.493 e. The van der Waals surface area contributed by atoms with E-state index < -0.39 is 0 Å². The molecule has 0 bridgehead atoms. The van der Waals surface area contributed by atoms with Gasteiger partial charge in [0.05, 0.1) is 25.6 Å². The Morgan fingerprint density at radius 2 is 2.00 bits per heavy atom. The van der Waals surface area contributed by atoms with Gasteiger partial charge in [-0.05, 0) is 24.1 Å². The largest absolute Gasteiger partial charge is 0.493 e. The first kappa shape index (κ1) is 16.0. The van der Waals surface area contributed by atoms with Gasteiger partial charge in [-0.3, -0.25) is 5.10 Å². The van der Waals surface area contributed by atoms with E-state index in [1.807, 2.05) is 18.3 Å². The zero-order chi connectivity index (χ0) is 17.6. The van der Waals surface area contributed by atoms with Crippen LogP contribution in [0.15, 0.2) is 28.0 Å². The lowest BCUT2D eigenvalue weighted by Gasteiger charge is -2.19. The van der Waals surface area contributed by atoms with E-state index in [0.29, 0.717) is 10.9 Å². The molecule has 0 spiro atoms. The lowest BCUT2D eigenvalue weighted by Crippen LogP contribution is -2.15. The highest BCUT2D eigenvalue weighted by Crippen LogP contribution is 2.44. The summed E-state index contributed by atoms with van der Waals surface area (Å²) in [6.07, 6.45) is 3.48. The normalized spacial score (nSPS) is 18.2. The van der Waals surface area contributed by atoms with Crippen LogP contribution in [0.1, 0.15) is 24.5 Å². The van der Waals surface area contributed by atoms with E-state index in [4.69, 9.17) is 21.1 Å². The molecular formula is C18H19ClN4O2. The molecule has 0 saturated heterocycles. The Kier molecular flexibility index (Phi) is 3.92. The lowest BCUT2D eigenvalue weighted by molar-refractivity contribution is 0.355. The molecular weight excluding hydrogens is 340 g/mol. The van der Waals surface area contributed by atoms with E-state index in [-0.39, 0.29) is 5.92 Å². The number of hydrogen-bond acceptors (Lipinski definition) is 5. The zero-order valence-electron chi connectivity index (χ0n) is 14.3. The number of anilines is 1. The van der Waals surface area contributed by atoms with Crippen molar-refractivity contribution in [2.45, 2.75) is 19.8 Å². The lowest BCUT2D eigenvalue weighted by atomic mass is 10.0. The fourth-order valence-corrected chi connectivity index (χ4v) is 3.64. The Morgan fingerprint density at radius 1 is 1.24 bits per heavy atom. The molecule has 7 heteroatoms. The Bertz CT molecular complexity index is 901. The number of benzene rings is 1. The number of aromatic nitrogens is 2. The second kappa shape index (κ2) is 6.11. The first-order valence-corrected chi connectivity index (χ1v) is 8.52. The molecule has 0 fully saturated rings. The van der Waals surface area contributed by atoms with Crippen LogP contribution in [0, 0.1) is 5.92 Å². The minimum atomic E-state index is 0.279. The van der Waals surface area contributed by atoms with Crippen molar-refractivity contribution in [3.8, 4) is 22.8 Å². The van der Waals surface area contributed by atoms with Crippen LogP contribution in [-0.4, -0.2) is 30.6 Å². The molecule has 1 aliphatic carbocycles. The van der Waals surface area contributed by atoms with E-state index in [1.54, 1.807) is 14.2 Å². The van der Waals surface area contributed by atoms with E-state index in [9.17, 15) is 0 Å². The molecule has 2 N–H and O–H groups in total. The van der Waals surface area contributed by atoms with Crippen molar-refractivity contribution in [3.63, 3.8) is 0 Å². The van der Waals surface area contributed by atoms with Crippen molar-refractivity contribution < 1.29 is 9.47 Å². The quantitative estimate of drug-likeness (QED) is 0.693. The Hall–Kier alpha value is -2.47. The topological polar surface area (TPSA) is 71.5 Å². The molecule has 1 aromatic heterocycles. The highest BCUT2D eigenvalue weighted by Gasteiger charge is 2.28. The summed E-state index contributed by atoms with van der Waals surface area (Å²) in [7, 11) is 3.28. The van der Waals surface area contributed by atoms with Gasteiger partial charge in [-0.25, -0.2) is 4.99 Å². The van der Waals surface area contributed by atoms with Crippen LogP contribution in [0.3, 0.4) is 0 Å². The van der Waals surface area contributed by atoms with Crippen LogP contribution in [0.5, 0.6) is 11.5 Å². The maximum Gasteiger partial charge on any atom is 0.161 e. The van der Waals surface area contributed by atoms with E-state index in [2.05, 4.69) is 27.4 Å². The number of hydrogen-bond donors (Lipinski definition) is 2. The number of aromatic amines is 1. The molecule has 1 aromatic carbocycles. The molecule has 1 unspecified atom stereocenters. The van der Waals surface area contributed by atoms with Gasteiger partial charge >= 0.3 is 0 Å². The fraction of sp³-hybridized carbons (Fsp3) is 0.333. The van der Waals surface area contributed by atoms with Crippen LogP contribution in [0.4, 0.5) is 5.82 Å². The van der Waals surface area contributed by atoms with Crippen LogP contribution in [0.25, 0.3) is 11.3 Å². The van der Waals surface area contributed by atoms with Crippen LogP contribution in [0.2, 0.25) is 0 Å². The monoisotopic (exact) mass is 358 g/mol. The molecule has 0 amide bonds. The number of nitrogens with one attached hydrogen (secondary N) is 2. The minimum absolute atomic E-state index is 0.279. The van der Waals surface area contributed by atoms with E-state index in [1.165, 1.54) is 5.56 Å². The average Bonchev–Trinajstić information content (AvgIpc) is 3.16. The van der Waals surface area contributed by atoms with Gasteiger partial charge in [0.2, 0.25) is 0 Å². The first-order valence-electron chi connectivity index (χ1n) is 8.14. The Morgan fingerprint density at radius 3 is 2.72 bits per heavy atom. The molecule has 0 saturated carbocycles. The summed E-state index contributed by atoms with van der Waals surface area (Å²) >= 11 is 6.26. The van der Waals surface area contributed by atoms with Crippen molar-refractivity contribution >= 4 is 23.6 Å². The maximum absolute atomic E-state index is 6.26. The second-order valence-electron chi connectivity index (χ2n) is 6.24. The molecule has 4 rings (SSSR count). The van der Waals surface area contributed by atoms with Gasteiger partial charge in [-0.2, -0.15) is 5.10 Å². The predicted octanol–water partition coefficient (Wildman–Crippen LogP) is 3.93. The SMILES string of the molecule is COc1cc2c(cc1OC)-c1[nH]nc(NC3=C(Cl)N=CCC3C)c1C2. The van der Waals surface area contributed by atoms with Crippen LogP contribution >= 0.6 is 11.6 Å². The summed E-state index contributed by atoms with van der Waals surface area (Å²) in [6, 6.07) is 4.01. The van der Waals surface area contributed by atoms with Gasteiger partial charge in [0.1, 0.15) is 5.16 Å². The highest BCUT2D eigenvalue weighted by atomic mass is 35.5. The number of allylic oxidation sites excluding steroid dienone is 1. The summed E-state index contributed by atoms with van der Waals surface area (Å²) in [5.41, 5.74) is 5.29. The van der Waals surface area contributed by atoms with Crippen LogP contribution < -0.4 is 14.8 Å². The Balaban J connectivity index is 1.71. The molecule has 2 aliphatic rings. The molecule has 25 heavy (non-hydrogen) atoms. The van der Waals surface area contributed by atoms with E-state index in [0.717, 1.165) is 46.9 Å². The summed E-state index contributed by atoms with van der Waals surface area (Å²) < 4.78 is 10.8. The van der Waals surface area contributed by atoms with Gasteiger partial charge in [0.15, 0.2) is 17.3 Å². The van der Waals surface area contributed by atoms with Gasteiger partial charge in [-0.1, -0.05) is 18.5 Å². The number of methoxy groups -OCH3 is 2. The highest BCUT2D eigenvalue weighted by molar-refractivity contribution is 6.30. The maximum atomic E-state index is 6.26. The smallest absolute Gasteiger partial charge is 0.161 e. The number of rotatable bonds is 4. The first-order chi connectivity index (χ1) is 12.1. The van der Waals surface area contributed by atoms with E-state index >= 15 is 0 Å². The van der Waals surface area contributed by atoms with Crippen molar-refractivity contribution in [3.05, 3.63) is 34.1 Å². The van der Waals surface area contributed by atoms with Crippen molar-refractivity contribution in [2.24, 2.45) is 10.9 Å². The van der Waals surface area contributed by atoms with Gasteiger partial charge in [0.25, 0.3) is 0 Å². The van der Waals surface area contributed by atoms with Gasteiger partial charge in [0, 0.05) is 29.7 Å². The standard InChI is InChI=1S/C18H19ClN4O2/c1-9-4-5-20-17(19)15(9)21-18-12-6-10-7-13(24-2)14(25-3)8-11(10)16(12)22-23-18/h5,7-9H,4,6H2,1-3H3,(H2,21,22,23). The molecule has 2 heterocycles.